The maximum Gasteiger partial charge on any atom is 0.0600 e. The van der Waals surface area contributed by atoms with Crippen LogP contribution in [0.2, 0.25) is 0 Å². The summed E-state index contributed by atoms with van der Waals surface area (Å²) in [5.74, 6) is 0. The molecule has 7 heavy (non-hydrogen) atoms. The summed E-state index contributed by atoms with van der Waals surface area (Å²) in [7, 11) is 0. The fourth-order valence-corrected chi connectivity index (χ4v) is 0.526. The summed E-state index contributed by atoms with van der Waals surface area (Å²) in [5.41, 5.74) is 5.19. The first-order chi connectivity index (χ1) is 3.31. The van der Waals surface area contributed by atoms with Crippen molar-refractivity contribution in [2.75, 3.05) is 6.67 Å². The van der Waals surface area contributed by atoms with E-state index in [1.807, 2.05) is 0 Å². The molecule has 0 saturated heterocycles. The average Bonchev–Trinajstić information content (AvgIpc) is 1.68. The summed E-state index contributed by atoms with van der Waals surface area (Å²) < 4.78 is 0.544. The maximum absolute atomic E-state index is 5.19. The van der Waals surface area contributed by atoms with E-state index in [4.69, 9.17) is 5.73 Å². The molecule has 0 aliphatic carbocycles. The van der Waals surface area contributed by atoms with Crippen LogP contribution in [0.1, 0.15) is 13.3 Å². The van der Waals surface area contributed by atoms with E-state index in [0.29, 0.717) is 10.7 Å². The predicted octanol–water partition coefficient (Wildman–Crippen LogP) is 0.663. The summed E-state index contributed by atoms with van der Waals surface area (Å²) in [5, 5.41) is 3.06. The molecule has 0 fully saturated rings. The molecule has 0 bridgehead atoms. The molecule has 2 nitrogen and oxygen atoms in total. The second-order valence-corrected chi connectivity index (χ2v) is 2.79. The number of nitrogens with one attached hydrogen (secondary N) is 1. The van der Waals surface area contributed by atoms with Gasteiger partial charge in [-0.2, -0.15) is 0 Å². The van der Waals surface area contributed by atoms with Gasteiger partial charge in [-0.25, -0.2) is 0 Å². The van der Waals surface area contributed by atoms with Crippen LogP contribution in [-0.4, -0.2) is 10.7 Å². The Morgan fingerprint density at radius 1 is 1.86 bits per heavy atom. The highest BCUT2D eigenvalue weighted by atomic mass is 127. The molecule has 3 heteroatoms. The first-order valence-corrected chi connectivity index (χ1v) is 3.63. The van der Waals surface area contributed by atoms with Crippen LogP contribution in [-0.2, 0) is 0 Å². The Bertz CT molecular complexity index is 40.7. The van der Waals surface area contributed by atoms with Crippen LogP contribution in [0.15, 0.2) is 0 Å². The van der Waals surface area contributed by atoms with Gasteiger partial charge in [0.25, 0.3) is 0 Å². The Balaban J connectivity index is 2.83. The van der Waals surface area contributed by atoms with Gasteiger partial charge in [0.15, 0.2) is 0 Å². The number of nitrogens with two attached hydrogens (primary N) is 1. The van der Waals surface area contributed by atoms with E-state index in [0.717, 1.165) is 6.42 Å². The van der Waals surface area contributed by atoms with Crippen molar-refractivity contribution in [2.24, 2.45) is 5.73 Å². The number of hydrogen-bond acceptors (Lipinski definition) is 2. The first-order valence-electron chi connectivity index (χ1n) is 2.38. The number of halogens is 1. The lowest BCUT2D eigenvalue weighted by Crippen LogP contribution is -2.28. The fraction of sp³-hybridized carbons (Fsp3) is 1.00. The SMILES string of the molecule is CC[C@H](I)NCN. The van der Waals surface area contributed by atoms with Crippen molar-refractivity contribution in [3.8, 4) is 0 Å². The third-order valence-electron chi connectivity index (χ3n) is 0.698. The Hall–Kier alpha value is 0.650. The van der Waals surface area contributed by atoms with Crippen LogP contribution in [0, 0.1) is 0 Å². The smallest absolute Gasteiger partial charge is 0.0600 e. The van der Waals surface area contributed by atoms with E-state index in [2.05, 4.69) is 34.8 Å². The largest absolute Gasteiger partial charge is 0.318 e. The van der Waals surface area contributed by atoms with Gasteiger partial charge in [-0.1, -0.05) is 29.5 Å². The minimum atomic E-state index is 0.544. The van der Waals surface area contributed by atoms with Gasteiger partial charge in [0.2, 0.25) is 0 Å². The van der Waals surface area contributed by atoms with Gasteiger partial charge in [0, 0.05) is 6.67 Å². The predicted molar refractivity (Wildman–Crippen MR) is 40.3 cm³/mol. The second kappa shape index (κ2) is 4.80. The van der Waals surface area contributed by atoms with Crippen molar-refractivity contribution in [3.05, 3.63) is 0 Å². The standard InChI is InChI=1S/C4H11IN2/c1-2-4(5)7-3-6/h4,7H,2-3,6H2,1H3/t4-/m1/s1. The lowest BCUT2D eigenvalue weighted by molar-refractivity contribution is 0.667. The molecule has 0 rings (SSSR count). The number of alkyl halides is 1. The summed E-state index contributed by atoms with van der Waals surface area (Å²) in [4.78, 5) is 0. The maximum atomic E-state index is 5.19. The third-order valence-corrected chi connectivity index (χ3v) is 2.02. The van der Waals surface area contributed by atoms with Crippen molar-refractivity contribution in [1.29, 1.82) is 0 Å². The molecule has 0 aromatic heterocycles. The summed E-state index contributed by atoms with van der Waals surface area (Å²) in [6, 6.07) is 0. The van der Waals surface area contributed by atoms with Gasteiger partial charge >= 0.3 is 0 Å². The van der Waals surface area contributed by atoms with Crippen LogP contribution in [0.3, 0.4) is 0 Å². The second-order valence-electron chi connectivity index (χ2n) is 1.28. The molecule has 0 unspecified atom stereocenters. The van der Waals surface area contributed by atoms with Crippen molar-refractivity contribution >= 4 is 22.6 Å². The zero-order valence-electron chi connectivity index (χ0n) is 4.45. The molecule has 1 atom stereocenters. The molecule has 0 radical (unpaired) electrons. The summed E-state index contributed by atoms with van der Waals surface area (Å²) in [6.07, 6.45) is 1.14. The van der Waals surface area contributed by atoms with E-state index < -0.39 is 0 Å². The molecule has 44 valence electrons. The Morgan fingerprint density at radius 3 is 2.57 bits per heavy atom. The first kappa shape index (κ1) is 7.65. The minimum absolute atomic E-state index is 0.544. The van der Waals surface area contributed by atoms with Crippen LogP contribution in [0.5, 0.6) is 0 Å². The zero-order valence-corrected chi connectivity index (χ0v) is 6.60. The number of rotatable bonds is 3. The van der Waals surface area contributed by atoms with Crippen molar-refractivity contribution in [1.82, 2.24) is 5.32 Å². The molecule has 0 heterocycles. The molecular weight excluding hydrogens is 203 g/mol. The molecule has 0 aromatic rings. The van der Waals surface area contributed by atoms with Crippen molar-refractivity contribution in [3.63, 3.8) is 0 Å². The molecule has 3 N–H and O–H groups in total. The van der Waals surface area contributed by atoms with Crippen LogP contribution >= 0.6 is 22.6 Å². The molecule has 0 spiro atoms. The van der Waals surface area contributed by atoms with Crippen LogP contribution in [0.4, 0.5) is 0 Å². The quantitative estimate of drug-likeness (QED) is 0.313. The molecule has 0 aromatic carbocycles. The summed E-state index contributed by atoms with van der Waals surface area (Å²) in [6.45, 7) is 2.71. The summed E-state index contributed by atoms with van der Waals surface area (Å²) >= 11 is 2.31. The normalized spacial score (nSPS) is 14.1. The molecule has 0 saturated carbocycles. The van der Waals surface area contributed by atoms with Gasteiger partial charge in [-0.3, -0.25) is 5.32 Å². The monoisotopic (exact) mass is 214 g/mol. The van der Waals surface area contributed by atoms with Gasteiger partial charge in [-0.05, 0) is 6.42 Å². The molecule has 0 aliphatic rings. The third kappa shape index (κ3) is 4.50. The molecule has 0 aliphatic heterocycles. The minimum Gasteiger partial charge on any atom is -0.318 e. The Kier molecular flexibility index (Phi) is 5.25. The topological polar surface area (TPSA) is 38.0 Å². The van der Waals surface area contributed by atoms with Crippen LogP contribution < -0.4 is 11.1 Å². The number of hydrogen-bond donors (Lipinski definition) is 2. The lowest BCUT2D eigenvalue weighted by atomic mass is 10.5. The Morgan fingerprint density at radius 2 is 2.43 bits per heavy atom. The lowest BCUT2D eigenvalue weighted by Gasteiger charge is -2.04. The highest BCUT2D eigenvalue weighted by Gasteiger charge is 1.92. The van der Waals surface area contributed by atoms with E-state index in [9.17, 15) is 0 Å². The van der Waals surface area contributed by atoms with Crippen LogP contribution in [0.25, 0.3) is 0 Å². The highest BCUT2D eigenvalue weighted by molar-refractivity contribution is 14.1. The zero-order chi connectivity index (χ0) is 5.70. The van der Waals surface area contributed by atoms with E-state index in [1.165, 1.54) is 0 Å². The molecule has 0 amide bonds. The molecular formula is C4H11IN2. The van der Waals surface area contributed by atoms with E-state index >= 15 is 0 Å². The van der Waals surface area contributed by atoms with Gasteiger partial charge in [-0.15, -0.1) is 0 Å². The Labute approximate surface area is 58.0 Å². The highest BCUT2D eigenvalue weighted by Crippen LogP contribution is 1.97. The van der Waals surface area contributed by atoms with Crippen molar-refractivity contribution in [2.45, 2.75) is 17.4 Å². The van der Waals surface area contributed by atoms with Crippen molar-refractivity contribution < 1.29 is 0 Å². The van der Waals surface area contributed by atoms with E-state index in [1.54, 1.807) is 0 Å². The van der Waals surface area contributed by atoms with E-state index in [-0.39, 0.29) is 0 Å². The van der Waals surface area contributed by atoms with Gasteiger partial charge < -0.3 is 5.73 Å². The van der Waals surface area contributed by atoms with Gasteiger partial charge in [0.05, 0.1) is 4.05 Å². The fourth-order valence-electron chi connectivity index (χ4n) is 0.272. The van der Waals surface area contributed by atoms with Gasteiger partial charge in [0.1, 0.15) is 0 Å². The average molecular weight is 214 g/mol.